The molecule has 1 aromatic rings. The van der Waals surface area contributed by atoms with Crippen LogP contribution in [0.1, 0.15) is 130 Å². The normalized spacial score (nSPS) is 24.0. The first-order valence-corrected chi connectivity index (χ1v) is 26.9. The molecule has 2 saturated carbocycles. The predicted octanol–water partition coefficient (Wildman–Crippen LogP) is 12.4. The molecule has 5 atom stereocenters. The maximum atomic E-state index is 13.2. The molecule has 0 bridgehead atoms. The Labute approximate surface area is 377 Å². The molecule has 2 fully saturated rings. The van der Waals surface area contributed by atoms with Crippen molar-refractivity contribution in [3.63, 3.8) is 0 Å². The fourth-order valence-corrected chi connectivity index (χ4v) is 15.8. The van der Waals surface area contributed by atoms with Crippen molar-refractivity contribution in [2.75, 3.05) is 51.9 Å². The Morgan fingerprint density at radius 3 is 2.06 bits per heavy atom. The van der Waals surface area contributed by atoms with Crippen LogP contribution in [0.25, 0.3) is 0 Å². The second-order valence-corrected chi connectivity index (χ2v) is 25.1. The molecule has 63 heavy (non-hydrogen) atoms. The number of alkyl halides is 9. The number of rotatable bonds is 24. The Balaban J connectivity index is 1.16. The molecule has 7 nitrogen and oxygen atoms in total. The molecule has 0 spiro atoms. The number of benzene rings is 1. The molecule has 368 valence electrons. The smallest absolute Gasteiger partial charge is 0.376 e. The summed E-state index contributed by atoms with van der Waals surface area (Å²) in [6.45, 7) is 13.6. The summed E-state index contributed by atoms with van der Waals surface area (Å²) in [7, 11) is 1.78. The second kappa shape index (κ2) is 22.1. The molecule has 0 unspecified atom stereocenters. The summed E-state index contributed by atoms with van der Waals surface area (Å²) in [6.07, 6.45) is -9.22. The molecule has 3 aliphatic rings. The minimum atomic E-state index is -6.75. The number of nitrogens with zero attached hydrogens (tertiary/aromatic N) is 2. The van der Waals surface area contributed by atoms with Gasteiger partial charge in [0.25, 0.3) is 0 Å². The zero-order valence-corrected chi connectivity index (χ0v) is 40.8. The maximum absolute atomic E-state index is 13.2. The molecule has 19 heteroatoms. The first-order chi connectivity index (χ1) is 29.1. The Hall–Kier alpha value is -0.720. The summed E-state index contributed by atoms with van der Waals surface area (Å²) in [6, 6.07) is 6.74. The van der Waals surface area contributed by atoms with Gasteiger partial charge in [-0.05, 0) is 92.0 Å². The number of hydrogen-bond donors (Lipinski definition) is 2. The number of aryl methyl sites for hydroxylation is 1. The molecule has 0 heterocycles. The van der Waals surface area contributed by atoms with E-state index in [1.165, 1.54) is 23.1 Å². The van der Waals surface area contributed by atoms with Gasteiger partial charge in [-0.15, -0.1) is 0 Å². The van der Waals surface area contributed by atoms with Crippen LogP contribution in [0.5, 0.6) is 5.75 Å². The average Bonchev–Trinajstić information content (AvgIpc) is 3.47. The van der Waals surface area contributed by atoms with Crippen molar-refractivity contribution >= 4 is 29.5 Å². The van der Waals surface area contributed by atoms with Gasteiger partial charge in [0, 0.05) is 13.1 Å². The summed E-state index contributed by atoms with van der Waals surface area (Å²) in [5.74, 6) is 3.27. The van der Waals surface area contributed by atoms with Crippen LogP contribution in [0, 0.1) is 17.3 Å². The van der Waals surface area contributed by atoms with E-state index in [1.54, 1.807) is 0 Å². The van der Waals surface area contributed by atoms with Crippen molar-refractivity contribution in [1.82, 2.24) is 9.57 Å². The summed E-state index contributed by atoms with van der Waals surface area (Å²) < 4.78 is 137. The van der Waals surface area contributed by atoms with E-state index in [1.807, 2.05) is 54.0 Å². The Bertz CT molecular complexity index is 1540. The van der Waals surface area contributed by atoms with Gasteiger partial charge in [-0.3, -0.25) is 0 Å². The van der Waals surface area contributed by atoms with Gasteiger partial charge >= 0.3 is 182 Å². The van der Waals surface area contributed by atoms with Crippen molar-refractivity contribution in [2.24, 2.45) is 17.3 Å². The van der Waals surface area contributed by atoms with Gasteiger partial charge in [-0.25, -0.2) is 0 Å². The third-order valence-corrected chi connectivity index (χ3v) is 20.0. The standard InChI is InChI=1S/C44H72F9N2O5PS2/c1-30(2)55(31(3)4)61(56,57)27-11-9-10-12-28-62-63-39(5,6)21-24-58-33-14-16-34-32(29-33)13-15-36-35(34)19-20-40(7)37(36)17-18-38(40)59-25-22-54(8)23-26-60-41(42(45,46)47,43(48,49)50)44(51,52)53/h14,16,29-31,35-38,56-57,61H,9-13,15,17-28H2,1-8H3/t35-,36-,37+,38+,40+/m1/s1. The van der Waals surface area contributed by atoms with Gasteiger partial charge in [0.15, 0.2) is 0 Å². The van der Waals surface area contributed by atoms with Crippen LogP contribution in [0.3, 0.4) is 0 Å². The zero-order valence-electron chi connectivity index (χ0n) is 38.2. The van der Waals surface area contributed by atoms with Crippen molar-refractivity contribution < 1.29 is 63.5 Å². The van der Waals surface area contributed by atoms with E-state index < -0.39 is 45.1 Å². The molecule has 0 amide bonds. The van der Waals surface area contributed by atoms with Crippen molar-refractivity contribution in [2.45, 2.75) is 172 Å². The Kier molecular flexibility index (Phi) is 19.3. The molecule has 2 N–H and O–H groups in total. The SMILES string of the molecule is CC(C)N(C(C)C)[PH](O)(O)CCCCCCSSC(C)(C)CCOc1ccc2c(c1)CC[C@@H]1[C@@H]2CC[C@]2(C)[C@@H](OCCN(C)CCOC(C(F)(F)F)(C(F)(F)F)C(F)(F)F)CC[C@@H]12. The molecule has 4 rings (SSSR count). The molecule has 0 saturated heterocycles. The molecule has 0 aromatic heterocycles. The quantitative estimate of drug-likeness (QED) is 0.0456. The predicted molar refractivity (Wildman–Crippen MR) is 238 cm³/mol. The fourth-order valence-electron chi connectivity index (χ4n) is 10.5. The summed E-state index contributed by atoms with van der Waals surface area (Å²) >= 11 is 0. The minimum Gasteiger partial charge on any atom is -0.376 e. The third-order valence-electron chi connectivity index (χ3n) is 13.7. The Morgan fingerprint density at radius 2 is 1.44 bits per heavy atom. The monoisotopic (exact) mass is 974 g/mol. The first-order valence-electron chi connectivity index (χ1n) is 22.5. The van der Waals surface area contributed by atoms with Gasteiger partial charge in [0.1, 0.15) is 5.75 Å². The summed E-state index contributed by atoms with van der Waals surface area (Å²) in [4.78, 5) is 22.8. The summed E-state index contributed by atoms with van der Waals surface area (Å²) in [5, 5.41) is 0. The van der Waals surface area contributed by atoms with Gasteiger partial charge in [0.05, 0.1) is 19.3 Å². The fraction of sp³-hybridized carbons (Fsp3) is 0.864. The number of fused-ring (bicyclic) bond motifs is 5. The van der Waals surface area contributed by atoms with E-state index in [2.05, 4.69) is 43.7 Å². The summed E-state index contributed by atoms with van der Waals surface area (Å²) in [5.41, 5.74) is -3.65. The van der Waals surface area contributed by atoms with Crippen LogP contribution in [-0.4, -0.2) is 118 Å². The van der Waals surface area contributed by atoms with Gasteiger partial charge in [-0.1, -0.05) is 13.0 Å². The number of ether oxygens (including phenoxy) is 3. The Morgan fingerprint density at radius 1 is 0.825 bits per heavy atom. The van der Waals surface area contributed by atoms with Crippen molar-refractivity contribution in [3.8, 4) is 5.75 Å². The topological polar surface area (TPSA) is 74.6 Å². The van der Waals surface area contributed by atoms with E-state index in [4.69, 9.17) is 9.47 Å². The van der Waals surface area contributed by atoms with Crippen molar-refractivity contribution in [1.29, 1.82) is 0 Å². The van der Waals surface area contributed by atoms with Crippen LogP contribution < -0.4 is 4.74 Å². The van der Waals surface area contributed by atoms with Crippen LogP contribution in [-0.2, 0) is 15.9 Å². The molecular weight excluding hydrogens is 903 g/mol. The number of hydrogen-bond acceptors (Lipinski definition) is 9. The first kappa shape index (κ1) is 54.9. The van der Waals surface area contributed by atoms with Gasteiger partial charge < -0.3 is 14.4 Å². The van der Waals surface area contributed by atoms with E-state index in [0.29, 0.717) is 30.5 Å². The molecule has 3 aliphatic carbocycles. The number of halogens is 9. The number of likely N-dealkylation sites (N-methyl/N-ethyl adjacent to an activating group) is 1. The van der Waals surface area contributed by atoms with E-state index in [-0.39, 0.29) is 41.5 Å². The number of unbranched alkanes of at least 4 members (excludes halogenated alkanes) is 3. The van der Waals surface area contributed by atoms with Crippen LogP contribution >= 0.6 is 29.5 Å². The molecule has 0 aliphatic heterocycles. The van der Waals surface area contributed by atoms with Crippen LogP contribution in [0.15, 0.2) is 18.2 Å². The average molecular weight is 975 g/mol. The molecule has 0 radical (unpaired) electrons. The molecule has 1 aromatic carbocycles. The van der Waals surface area contributed by atoms with E-state index in [0.717, 1.165) is 82.1 Å². The van der Waals surface area contributed by atoms with Crippen LogP contribution in [0.4, 0.5) is 39.5 Å². The minimum absolute atomic E-state index is 0.0394. The van der Waals surface area contributed by atoms with Gasteiger partial charge in [-0.2, -0.15) is 39.5 Å². The second-order valence-electron chi connectivity index (χ2n) is 19.4. The van der Waals surface area contributed by atoms with E-state index in [9.17, 15) is 49.3 Å². The van der Waals surface area contributed by atoms with E-state index >= 15 is 0 Å². The van der Waals surface area contributed by atoms with Gasteiger partial charge in [0.2, 0.25) is 0 Å². The van der Waals surface area contributed by atoms with Crippen molar-refractivity contribution in [3.05, 3.63) is 29.3 Å². The molecular formula is C44H72F9N2O5PS2. The van der Waals surface area contributed by atoms with Crippen LogP contribution in [0.2, 0.25) is 0 Å². The third kappa shape index (κ3) is 13.5. The zero-order chi connectivity index (χ0) is 47.2.